The maximum atomic E-state index is 12.7. The molecule has 100 valence electrons. The topological polar surface area (TPSA) is 86.2 Å². The van der Waals surface area contributed by atoms with Gasteiger partial charge in [0, 0.05) is 20.3 Å². The fourth-order valence-corrected chi connectivity index (χ4v) is 3.39. The first-order valence-corrected chi connectivity index (χ1v) is 7.27. The normalized spacial score (nSPS) is 13.1. The number of nitrogen functional groups attached to an aromatic ring is 2. The minimum Gasteiger partial charge on any atom is -0.398 e. The maximum Gasteiger partial charge on any atom is 0.198 e. The van der Waals surface area contributed by atoms with Gasteiger partial charge in [-0.3, -0.25) is 9.59 Å². The molecular weight excluding hydrogens is 388 g/mol. The number of carbonyl (C=O) groups excluding carboxylic acids is 2. The summed E-state index contributed by atoms with van der Waals surface area (Å²) < 4.78 is 1.08. The van der Waals surface area contributed by atoms with E-state index in [1.807, 2.05) is 0 Å². The van der Waals surface area contributed by atoms with Crippen molar-refractivity contribution in [2.24, 2.45) is 0 Å². The Morgan fingerprint density at radius 1 is 0.650 bits per heavy atom. The number of hydrogen-bond acceptors (Lipinski definition) is 4. The lowest BCUT2D eigenvalue weighted by atomic mass is 9.82. The standard InChI is InChI=1S/C14H8Br2N2O2/c15-5-1-3-7(17)11-9(5)13(19)10-6(16)2-4-8(18)12(10)14(11)20/h1-4H,17-18H2. The Balaban J connectivity index is 2.46. The van der Waals surface area contributed by atoms with Crippen LogP contribution in [0.4, 0.5) is 11.4 Å². The first kappa shape index (κ1) is 13.3. The van der Waals surface area contributed by atoms with Gasteiger partial charge in [0.05, 0.1) is 22.3 Å². The molecule has 0 spiro atoms. The molecule has 2 aromatic rings. The second-order valence-electron chi connectivity index (χ2n) is 4.43. The number of hydrogen-bond donors (Lipinski definition) is 2. The highest BCUT2D eigenvalue weighted by molar-refractivity contribution is 9.11. The van der Waals surface area contributed by atoms with Crippen LogP contribution in [-0.2, 0) is 0 Å². The van der Waals surface area contributed by atoms with Crippen LogP contribution in [0.5, 0.6) is 0 Å². The van der Waals surface area contributed by atoms with Gasteiger partial charge in [-0.25, -0.2) is 0 Å². The van der Waals surface area contributed by atoms with Gasteiger partial charge in [0.25, 0.3) is 0 Å². The Morgan fingerprint density at radius 3 is 1.40 bits per heavy atom. The lowest BCUT2D eigenvalue weighted by Crippen LogP contribution is -2.24. The molecule has 0 aliphatic heterocycles. The predicted octanol–water partition coefficient (Wildman–Crippen LogP) is 3.15. The summed E-state index contributed by atoms with van der Waals surface area (Å²) in [5.41, 5.74) is 13.3. The number of nitrogens with two attached hydrogens (primary N) is 2. The van der Waals surface area contributed by atoms with Gasteiger partial charge >= 0.3 is 0 Å². The van der Waals surface area contributed by atoms with Crippen LogP contribution in [0.25, 0.3) is 0 Å². The van der Waals surface area contributed by atoms with Gasteiger partial charge in [0.1, 0.15) is 0 Å². The molecule has 0 atom stereocenters. The van der Waals surface area contributed by atoms with Gasteiger partial charge in [-0.1, -0.05) is 31.9 Å². The Bertz CT molecular complexity index is 671. The monoisotopic (exact) mass is 394 g/mol. The van der Waals surface area contributed by atoms with E-state index < -0.39 is 0 Å². The Hall–Kier alpha value is -1.66. The van der Waals surface area contributed by atoms with Crippen LogP contribution in [0.1, 0.15) is 31.8 Å². The molecule has 0 aromatic heterocycles. The van der Waals surface area contributed by atoms with Crippen LogP contribution < -0.4 is 11.5 Å². The van der Waals surface area contributed by atoms with Crippen molar-refractivity contribution in [3.63, 3.8) is 0 Å². The minimum atomic E-state index is -0.327. The van der Waals surface area contributed by atoms with Gasteiger partial charge < -0.3 is 11.5 Å². The molecule has 20 heavy (non-hydrogen) atoms. The molecule has 3 rings (SSSR count). The van der Waals surface area contributed by atoms with Crippen LogP contribution in [0.15, 0.2) is 33.2 Å². The van der Waals surface area contributed by atoms with Crippen LogP contribution in [0.2, 0.25) is 0 Å². The maximum absolute atomic E-state index is 12.7. The second kappa shape index (κ2) is 4.43. The van der Waals surface area contributed by atoms with Crippen LogP contribution >= 0.6 is 31.9 Å². The number of carbonyl (C=O) groups is 2. The zero-order chi connectivity index (χ0) is 14.6. The minimum absolute atomic E-state index is 0.210. The van der Waals surface area contributed by atoms with E-state index in [-0.39, 0.29) is 45.2 Å². The molecule has 1 aliphatic rings. The van der Waals surface area contributed by atoms with Crippen molar-refractivity contribution < 1.29 is 9.59 Å². The van der Waals surface area contributed by atoms with Gasteiger partial charge in [-0.05, 0) is 24.3 Å². The predicted molar refractivity (Wildman–Crippen MR) is 84.0 cm³/mol. The smallest absolute Gasteiger partial charge is 0.198 e. The highest BCUT2D eigenvalue weighted by Gasteiger charge is 2.35. The average molecular weight is 396 g/mol. The van der Waals surface area contributed by atoms with E-state index >= 15 is 0 Å². The van der Waals surface area contributed by atoms with Crippen molar-refractivity contribution in [1.29, 1.82) is 0 Å². The van der Waals surface area contributed by atoms with Crippen molar-refractivity contribution in [2.45, 2.75) is 0 Å². The number of halogens is 2. The van der Waals surface area contributed by atoms with Gasteiger partial charge in [-0.15, -0.1) is 0 Å². The van der Waals surface area contributed by atoms with E-state index in [0.29, 0.717) is 8.95 Å². The van der Waals surface area contributed by atoms with Crippen molar-refractivity contribution in [3.8, 4) is 0 Å². The lowest BCUT2D eigenvalue weighted by molar-refractivity contribution is 0.0979. The molecule has 4 N–H and O–H groups in total. The molecule has 0 saturated carbocycles. The first-order chi connectivity index (χ1) is 9.43. The number of benzene rings is 2. The summed E-state index contributed by atoms with van der Waals surface area (Å²) in [7, 11) is 0. The van der Waals surface area contributed by atoms with Gasteiger partial charge in [0.2, 0.25) is 0 Å². The summed E-state index contributed by atoms with van der Waals surface area (Å²) in [6, 6.07) is 6.50. The first-order valence-electron chi connectivity index (χ1n) is 5.68. The fraction of sp³-hybridized carbons (Fsp3) is 0. The summed E-state index contributed by atoms with van der Waals surface area (Å²) in [5.74, 6) is -0.597. The van der Waals surface area contributed by atoms with Crippen LogP contribution in [-0.4, -0.2) is 11.6 Å². The highest BCUT2D eigenvalue weighted by Crippen LogP contribution is 2.39. The summed E-state index contributed by atoms with van der Waals surface area (Å²) in [4.78, 5) is 25.3. The zero-order valence-electron chi connectivity index (χ0n) is 10.0. The van der Waals surface area contributed by atoms with Crippen molar-refractivity contribution in [1.82, 2.24) is 0 Å². The molecule has 4 nitrogen and oxygen atoms in total. The average Bonchev–Trinajstić information content (AvgIpc) is 2.41. The van der Waals surface area contributed by atoms with E-state index in [2.05, 4.69) is 31.9 Å². The molecule has 6 heteroatoms. The summed E-state index contributed by atoms with van der Waals surface area (Å²) >= 11 is 6.61. The molecule has 1 aliphatic carbocycles. The van der Waals surface area contributed by atoms with Crippen molar-refractivity contribution in [3.05, 3.63) is 55.5 Å². The Morgan fingerprint density at radius 2 is 1.00 bits per heavy atom. The SMILES string of the molecule is Nc1ccc(Br)c2c1C(=O)c1c(N)ccc(Br)c1C2=O. The van der Waals surface area contributed by atoms with Crippen molar-refractivity contribution in [2.75, 3.05) is 11.5 Å². The van der Waals surface area contributed by atoms with E-state index in [4.69, 9.17) is 11.5 Å². The molecule has 0 fully saturated rings. The summed E-state index contributed by atoms with van der Waals surface area (Å²) in [5, 5.41) is 0. The van der Waals surface area contributed by atoms with Gasteiger partial charge in [-0.2, -0.15) is 0 Å². The van der Waals surface area contributed by atoms with Gasteiger partial charge in [0.15, 0.2) is 11.6 Å². The molecule has 0 amide bonds. The number of fused-ring (bicyclic) bond motifs is 2. The Kier molecular flexibility index (Phi) is 2.95. The third kappa shape index (κ3) is 1.65. The van der Waals surface area contributed by atoms with E-state index in [9.17, 15) is 9.59 Å². The Labute approximate surface area is 131 Å². The molecular formula is C14H8Br2N2O2. The number of rotatable bonds is 0. The third-order valence-corrected chi connectivity index (χ3v) is 4.60. The molecule has 0 heterocycles. The number of ketones is 2. The quantitative estimate of drug-likeness (QED) is 0.572. The number of anilines is 2. The zero-order valence-corrected chi connectivity index (χ0v) is 13.2. The van der Waals surface area contributed by atoms with E-state index in [1.54, 1.807) is 24.3 Å². The van der Waals surface area contributed by atoms with E-state index in [0.717, 1.165) is 0 Å². The highest BCUT2D eigenvalue weighted by atomic mass is 79.9. The van der Waals surface area contributed by atoms with Crippen LogP contribution in [0, 0.1) is 0 Å². The lowest BCUT2D eigenvalue weighted by Gasteiger charge is -2.22. The summed E-state index contributed by atoms with van der Waals surface area (Å²) in [6.07, 6.45) is 0. The molecule has 0 unspecified atom stereocenters. The second-order valence-corrected chi connectivity index (χ2v) is 6.14. The molecule has 0 bridgehead atoms. The molecule has 0 saturated heterocycles. The van der Waals surface area contributed by atoms with Crippen LogP contribution in [0.3, 0.4) is 0 Å². The fourth-order valence-electron chi connectivity index (χ4n) is 2.37. The molecule has 2 aromatic carbocycles. The van der Waals surface area contributed by atoms with Crippen molar-refractivity contribution >= 4 is 54.8 Å². The largest absolute Gasteiger partial charge is 0.398 e. The summed E-state index contributed by atoms with van der Waals surface area (Å²) in [6.45, 7) is 0. The van der Waals surface area contributed by atoms with E-state index in [1.165, 1.54) is 0 Å². The molecule has 0 radical (unpaired) electrons. The third-order valence-electron chi connectivity index (χ3n) is 3.28.